The van der Waals surface area contributed by atoms with Gasteiger partial charge in [-0.3, -0.25) is 0 Å². The largest absolute Gasteiger partial charge is 0.465 e. The molecule has 0 amide bonds. The second-order valence-corrected chi connectivity index (χ2v) is 3.39. The molecule has 1 heterocycles. The fraction of sp³-hybridized carbons (Fsp3) is 0.333. The first kappa shape index (κ1) is 10.7. The summed E-state index contributed by atoms with van der Waals surface area (Å²) in [5.41, 5.74) is 5.27. The number of ether oxygens (including phenoxy) is 1. The third kappa shape index (κ3) is 2.83. The number of rotatable bonds is 2. The van der Waals surface area contributed by atoms with Gasteiger partial charge in [-0.2, -0.15) is 0 Å². The van der Waals surface area contributed by atoms with Crippen molar-refractivity contribution in [2.24, 2.45) is 5.73 Å². The Labute approximate surface area is 86.1 Å². The topological polar surface area (TPSA) is 65.2 Å². The number of esters is 1. The second kappa shape index (κ2) is 5.37. The van der Waals surface area contributed by atoms with Gasteiger partial charge in [0.2, 0.25) is 0 Å². The zero-order valence-electron chi connectivity index (χ0n) is 7.74. The van der Waals surface area contributed by atoms with Crippen LogP contribution in [0, 0.1) is 11.8 Å². The molecule has 2 N–H and O–H groups in total. The van der Waals surface area contributed by atoms with Crippen LogP contribution in [-0.2, 0) is 4.74 Å². The van der Waals surface area contributed by atoms with E-state index in [9.17, 15) is 4.79 Å². The molecule has 5 heteroatoms. The van der Waals surface area contributed by atoms with Crippen LogP contribution < -0.4 is 5.73 Å². The van der Waals surface area contributed by atoms with E-state index in [1.807, 2.05) is 0 Å². The molecule has 4 nitrogen and oxygen atoms in total. The van der Waals surface area contributed by atoms with Crippen molar-refractivity contribution in [3.05, 3.63) is 16.1 Å². The van der Waals surface area contributed by atoms with E-state index in [-0.39, 0.29) is 5.97 Å². The summed E-state index contributed by atoms with van der Waals surface area (Å²) in [5, 5.41) is 0.610. The number of methoxy groups -OCH3 is 1. The summed E-state index contributed by atoms with van der Waals surface area (Å²) in [6.45, 7) is 0.530. The Morgan fingerprint density at radius 1 is 1.79 bits per heavy atom. The molecule has 14 heavy (non-hydrogen) atoms. The fourth-order valence-electron chi connectivity index (χ4n) is 0.737. The maximum Gasteiger partial charge on any atom is 0.349 e. The van der Waals surface area contributed by atoms with Gasteiger partial charge in [0.25, 0.3) is 0 Å². The Balaban J connectivity index is 2.70. The lowest BCUT2D eigenvalue weighted by molar-refractivity contribution is 0.0606. The van der Waals surface area contributed by atoms with Gasteiger partial charge in [-0.05, 0) is 5.92 Å². The van der Waals surface area contributed by atoms with Crippen LogP contribution in [0.15, 0.2) is 6.20 Å². The van der Waals surface area contributed by atoms with Crippen LogP contribution >= 0.6 is 11.3 Å². The summed E-state index contributed by atoms with van der Waals surface area (Å²) < 4.78 is 4.54. The van der Waals surface area contributed by atoms with Gasteiger partial charge in [-0.25, -0.2) is 9.78 Å². The zero-order valence-corrected chi connectivity index (χ0v) is 8.56. The number of nitrogens with two attached hydrogens (primary N) is 1. The van der Waals surface area contributed by atoms with Gasteiger partial charge in [0, 0.05) is 13.0 Å². The number of hydrogen-bond donors (Lipinski definition) is 1. The highest BCUT2D eigenvalue weighted by molar-refractivity contribution is 7.14. The lowest BCUT2D eigenvalue weighted by Crippen LogP contribution is -1.96. The maximum atomic E-state index is 11.0. The Morgan fingerprint density at radius 3 is 3.21 bits per heavy atom. The molecule has 0 unspecified atom stereocenters. The fourth-order valence-corrected chi connectivity index (χ4v) is 1.45. The Hall–Kier alpha value is -1.38. The van der Waals surface area contributed by atoms with Gasteiger partial charge >= 0.3 is 5.97 Å². The van der Waals surface area contributed by atoms with Crippen molar-refractivity contribution in [1.82, 2.24) is 4.98 Å². The highest BCUT2D eigenvalue weighted by Gasteiger charge is 2.08. The van der Waals surface area contributed by atoms with Crippen LogP contribution in [0.5, 0.6) is 0 Å². The smallest absolute Gasteiger partial charge is 0.349 e. The average molecular weight is 210 g/mol. The summed E-state index contributed by atoms with van der Waals surface area (Å²) in [5.74, 6) is 5.28. The van der Waals surface area contributed by atoms with Gasteiger partial charge in [0.1, 0.15) is 4.88 Å². The van der Waals surface area contributed by atoms with E-state index >= 15 is 0 Å². The molecular weight excluding hydrogens is 200 g/mol. The van der Waals surface area contributed by atoms with E-state index in [0.717, 1.165) is 0 Å². The Kier molecular flexibility index (Phi) is 4.11. The molecule has 1 rings (SSSR count). The van der Waals surface area contributed by atoms with E-state index in [0.29, 0.717) is 22.9 Å². The minimum absolute atomic E-state index is 0.380. The monoisotopic (exact) mass is 210 g/mol. The average Bonchev–Trinajstić information content (AvgIpc) is 2.66. The normalized spacial score (nSPS) is 9.00. The van der Waals surface area contributed by atoms with Crippen molar-refractivity contribution in [3.8, 4) is 11.8 Å². The van der Waals surface area contributed by atoms with Crippen molar-refractivity contribution in [2.75, 3.05) is 13.7 Å². The molecule has 0 bridgehead atoms. The number of carbonyl (C=O) groups excluding carboxylic acids is 1. The van der Waals surface area contributed by atoms with Crippen LogP contribution in [0.3, 0.4) is 0 Å². The molecule has 0 aliphatic carbocycles. The molecule has 0 radical (unpaired) electrons. The molecule has 0 aliphatic rings. The molecular formula is C9H10N2O2S. The van der Waals surface area contributed by atoms with E-state index in [4.69, 9.17) is 5.73 Å². The molecule has 0 aromatic carbocycles. The summed E-state index contributed by atoms with van der Waals surface area (Å²) in [6, 6.07) is 0. The van der Waals surface area contributed by atoms with Crippen LogP contribution in [0.25, 0.3) is 0 Å². The number of carbonyl (C=O) groups is 1. The van der Waals surface area contributed by atoms with E-state index in [1.165, 1.54) is 24.6 Å². The van der Waals surface area contributed by atoms with Crippen molar-refractivity contribution < 1.29 is 9.53 Å². The first-order valence-electron chi connectivity index (χ1n) is 4.01. The lowest BCUT2D eigenvalue weighted by Gasteiger charge is -1.89. The van der Waals surface area contributed by atoms with Crippen LogP contribution in [0.4, 0.5) is 0 Å². The summed E-state index contributed by atoms with van der Waals surface area (Å²) >= 11 is 1.22. The summed E-state index contributed by atoms with van der Waals surface area (Å²) in [7, 11) is 1.34. The standard InChI is InChI=1S/C9H10N2O2S/c1-13-9(12)7-6-11-8(14-7)4-2-3-5-10/h6H,3,5,10H2,1H3. The Bertz CT molecular complexity index is 376. The quantitative estimate of drug-likeness (QED) is 0.574. The van der Waals surface area contributed by atoms with E-state index in [1.54, 1.807) is 0 Å². The number of hydrogen-bond acceptors (Lipinski definition) is 5. The summed E-state index contributed by atoms with van der Waals surface area (Å²) in [6.07, 6.45) is 2.09. The predicted molar refractivity (Wildman–Crippen MR) is 54.0 cm³/mol. The molecule has 1 aromatic heterocycles. The number of thiazole rings is 1. The number of nitrogens with zero attached hydrogens (tertiary/aromatic N) is 1. The molecule has 74 valence electrons. The molecule has 0 atom stereocenters. The molecule has 0 spiro atoms. The first-order chi connectivity index (χ1) is 6.77. The number of aromatic nitrogens is 1. The van der Waals surface area contributed by atoms with Crippen molar-refractivity contribution in [3.63, 3.8) is 0 Å². The van der Waals surface area contributed by atoms with Gasteiger partial charge in [0.05, 0.1) is 13.3 Å². The molecule has 0 aliphatic heterocycles. The SMILES string of the molecule is COC(=O)c1cnc(C#CCCN)s1. The van der Waals surface area contributed by atoms with Gasteiger partial charge < -0.3 is 10.5 Å². The highest BCUT2D eigenvalue weighted by Crippen LogP contribution is 2.12. The van der Waals surface area contributed by atoms with Crippen LogP contribution in [0.1, 0.15) is 21.1 Å². The van der Waals surface area contributed by atoms with Crippen LogP contribution in [-0.4, -0.2) is 24.6 Å². The lowest BCUT2D eigenvalue weighted by atomic mass is 10.4. The highest BCUT2D eigenvalue weighted by atomic mass is 32.1. The third-order valence-electron chi connectivity index (χ3n) is 1.36. The third-order valence-corrected chi connectivity index (χ3v) is 2.25. The summed E-state index contributed by atoms with van der Waals surface area (Å²) in [4.78, 5) is 15.5. The van der Waals surface area contributed by atoms with Gasteiger partial charge in [-0.15, -0.1) is 0 Å². The van der Waals surface area contributed by atoms with Gasteiger partial charge in [-0.1, -0.05) is 17.3 Å². The van der Waals surface area contributed by atoms with E-state index in [2.05, 4.69) is 21.6 Å². The van der Waals surface area contributed by atoms with Crippen molar-refractivity contribution in [2.45, 2.75) is 6.42 Å². The molecule has 0 saturated carbocycles. The predicted octanol–water partition coefficient (Wildman–Crippen LogP) is 0.630. The minimum atomic E-state index is -0.380. The maximum absolute atomic E-state index is 11.0. The Morgan fingerprint density at radius 2 is 2.57 bits per heavy atom. The molecule has 1 aromatic rings. The van der Waals surface area contributed by atoms with Crippen molar-refractivity contribution >= 4 is 17.3 Å². The first-order valence-corrected chi connectivity index (χ1v) is 4.82. The molecule has 0 saturated heterocycles. The van der Waals surface area contributed by atoms with E-state index < -0.39 is 0 Å². The molecule has 0 fully saturated rings. The minimum Gasteiger partial charge on any atom is -0.465 e. The van der Waals surface area contributed by atoms with Crippen molar-refractivity contribution in [1.29, 1.82) is 0 Å². The second-order valence-electron chi connectivity index (χ2n) is 2.36. The van der Waals surface area contributed by atoms with Crippen LogP contribution in [0.2, 0.25) is 0 Å². The van der Waals surface area contributed by atoms with Gasteiger partial charge in [0.15, 0.2) is 5.01 Å². The zero-order chi connectivity index (χ0) is 10.4.